The van der Waals surface area contributed by atoms with Crippen LogP contribution in [0.25, 0.3) is 0 Å². The van der Waals surface area contributed by atoms with Gasteiger partial charge in [-0.15, -0.1) is 5.92 Å². The van der Waals surface area contributed by atoms with Gasteiger partial charge in [-0.3, -0.25) is 0 Å². The standard InChI is InChI=1S/C10H12O/c1-2-3-4-5-6-7-8-9-10-11/h8-9,11H,2,5,10H2,1H3/b9-8+. The Bertz CT molecular complexity index is 217. The van der Waals surface area contributed by atoms with Crippen molar-refractivity contribution in [3.05, 3.63) is 12.2 Å². The Morgan fingerprint density at radius 1 is 1.27 bits per heavy atom. The van der Waals surface area contributed by atoms with Crippen LogP contribution < -0.4 is 0 Å². The molecule has 0 bridgehead atoms. The third kappa shape index (κ3) is 8.82. The van der Waals surface area contributed by atoms with Crippen LogP contribution in [0.1, 0.15) is 19.8 Å². The van der Waals surface area contributed by atoms with E-state index >= 15 is 0 Å². The van der Waals surface area contributed by atoms with Crippen LogP contribution in [0, 0.1) is 23.7 Å². The van der Waals surface area contributed by atoms with E-state index in [0.29, 0.717) is 6.42 Å². The fraction of sp³-hybridized carbons (Fsp3) is 0.400. The number of rotatable bonds is 1. The molecule has 0 fully saturated rings. The van der Waals surface area contributed by atoms with Gasteiger partial charge in [-0.2, -0.15) is 0 Å². The molecule has 11 heavy (non-hydrogen) atoms. The maximum atomic E-state index is 8.32. The minimum absolute atomic E-state index is 0.0509. The predicted molar refractivity (Wildman–Crippen MR) is 46.7 cm³/mol. The second-order valence-electron chi connectivity index (χ2n) is 1.79. The van der Waals surface area contributed by atoms with Gasteiger partial charge in [0, 0.05) is 6.42 Å². The summed E-state index contributed by atoms with van der Waals surface area (Å²) in [5.74, 6) is 11.4. The Morgan fingerprint density at radius 3 is 2.73 bits per heavy atom. The Balaban J connectivity index is 3.48. The molecule has 0 aliphatic carbocycles. The van der Waals surface area contributed by atoms with Crippen molar-refractivity contribution in [3.8, 4) is 23.7 Å². The van der Waals surface area contributed by atoms with Gasteiger partial charge in [-0.1, -0.05) is 30.8 Å². The number of hydrogen-bond acceptors (Lipinski definition) is 1. The lowest BCUT2D eigenvalue weighted by atomic mass is 10.4. The van der Waals surface area contributed by atoms with E-state index in [1.54, 1.807) is 12.2 Å². The van der Waals surface area contributed by atoms with Crippen LogP contribution in [0.3, 0.4) is 0 Å². The van der Waals surface area contributed by atoms with Crippen LogP contribution in [0.4, 0.5) is 0 Å². The highest BCUT2D eigenvalue weighted by molar-refractivity contribution is 5.19. The Kier molecular flexibility index (Phi) is 7.87. The first-order chi connectivity index (χ1) is 5.41. The molecule has 0 aliphatic heterocycles. The van der Waals surface area contributed by atoms with Crippen LogP contribution in [0.5, 0.6) is 0 Å². The summed E-state index contributed by atoms with van der Waals surface area (Å²) in [7, 11) is 0. The second-order valence-corrected chi connectivity index (χ2v) is 1.79. The van der Waals surface area contributed by atoms with Crippen molar-refractivity contribution < 1.29 is 5.11 Å². The maximum absolute atomic E-state index is 8.32. The second kappa shape index (κ2) is 8.82. The van der Waals surface area contributed by atoms with E-state index in [1.165, 1.54) is 0 Å². The van der Waals surface area contributed by atoms with Gasteiger partial charge in [0.25, 0.3) is 0 Å². The lowest BCUT2D eigenvalue weighted by Gasteiger charge is -1.71. The summed E-state index contributed by atoms with van der Waals surface area (Å²) >= 11 is 0. The molecule has 0 aromatic carbocycles. The first-order valence-electron chi connectivity index (χ1n) is 3.61. The van der Waals surface area contributed by atoms with Crippen LogP contribution >= 0.6 is 0 Å². The van der Waals surface area contributed by atoms with Gasteiger partial charge in [-0.05, 0) is 6.08 Å². The highest BCUT2D eigenvalue weighted by Crippen LogP contribution is 1.74. The average Bonchev–Trinajstić information content (AvgIpc) is 2.03. The molecule has 0 aromatic rings. The summed E-state index contributed by atoms with van der Waals surface area (Å²) in [4.78, 5) is 0. The Morgan fingerprint density at radius 2 is 2.09 bits per heavy atom. The molecule has 0 heterocycles. The summed E-state index contributed by atoms with van der Waals surface area (Å²) in [6.07, 6.45) is 4.73. The predicted octanol–water partition coefficient (Wildman–Crippen LogP) is 1.34. The van der Waals surface area contributed by atoms with Crippen molar-refractivity contribution in [3.63, 3.8) is 0 Å². The van der Waals surface area contributed by atoms with E-state index in [0.717, 1.165) is 6.42 Å². The van der Waals surface area contributed by atoms with Crippen LogP contribution in [0.2, 0.25) is 0 Å². The molecule has 0 amide bonds. The molecule has 0 aliphatic rings. The van der Waals surface area contributed by atoms with Crippen molar-refractivity contribution in [1.82, 2.24) is 0 Å². The van der Waals surface area contributed by atoms with E-state index in [4.69, 9.17) is 5.11 Å². The Hall–Kier alpha value is -1.18. The molecule has 0 rings (SSSR count). The molecule has 0 saturated carbocycles. The van der Waals surface area contributed by atoms with E-state index in [2.05, 4.69) is 23.7 Å². The van der Waals surface area contributed by atoms with Crippen LogP contribution in [-0.4, -0.2) is 11.7 Å². The zero-order valence-electron chi connectivity index (χ0n) is 6.72. The fourth-order valence-electron chi connectivity index (χ4n) is 0.453. The summed E-state index contributed by atoms with van der Waals surface area (Å²) in [6.45, 7) is 2.06. The van der Waals surface area contributed by atoms with Gasteiger partial charge in [0.15, 0.2) is 0 Å². The molecule has 1 nitrogen and oxygen atoms in total. The van der Waals surface area contributed by atoms with Gasteiger partial charge in [-0.25, -0.2) is 0 Å². The average molecular weight is 148 g/mol. The smallest absolute Gasteiger partial charge is 0.0706 e. The highest BCUT2D eigenvalue weighted by atomic mass is 16.2. The summed E-state index contributed by atoms with van der Waals surface area (Å²) in [6, 6.07) is 0. The lowest BCUT2D eigenvalue weighted by molar-refractivity contribution is 0.343. The SMILES string of the molecule is CCC#CCC#C/C=C/CO. The number of aliphatic hydroxyl groups is 1. The van der Waals surface area contributed by atoms with E-state index < -0.39 is 0 Å². The van der Waals surface area contributed by atoms with E-state index in [1.807, 2.05) is 6.92 Å². The van der Waals surface area contributed by atoms with Crippen molar-refractivity contribution in [2.75, 3.05) is 6.61 Å². The maximum Gasteiger partial charge on any atom is 0.0706 e. The molecule has 0 atom stereocenters. The molecule has 1 N–H and O–H groups in total. The number of allylic oxidation sites excluding steroid dienone is 1. The highest BCUT2D eigenvalue weighted by Gasteiger charge is 1.64. The van der Waals surface area contributed by atoms with E-state index in [9.17, 15) is 0 Å². The number of hydrogen-bond donors (Lipinski definition) is 1. The molecule has 0 radical (unpaired) electrons. The summed E-state index contributed by atoms with van der Waals surface area (Å²) in [5, 5.41) is 8.32. The van der Waals surface area contributed by atoms with Gasteiger partial charge in [0.1, 0.15) is 0 Å². The lowest BCUT2D eigenvalue weighted by Crippen LogP contribution is -1.67. The van der Waals surface area contributed by atoms with Gasteiger partial charge >= 0.3 is 0 Å². The molecule has 58 valence electrons. The molecular formula is C10H12O. The topological polar surface area (TPSA) is 20.2 Å². The van der Waals surface area contributed by atoms with Gasteiger partial charge < -0.3 is 5.11 Å². The first-order valence-corrected chi connectivity index (χ1v) is 3.61. The molecule has 0 saturated heterocycles. The molecule has 1 heteroatoms. The van der Waals surface area contributed by atoms with Crippen molar-refractivity contribution in [2.24, 2.45) is 0 Å². The van der Waals surface area contributed by atoms with Crippen LogP contribution in [-0.2, 0) is 0 Å². The minimum Gasteiger partial charge on any atom is -0.392 e. The molecule has 0 aromatic heterocycles. The monoisotopic (exact) mass is 148 g/mol. The zero-order chi connectivity index (χ0) is 8.36. The first kappa shape index (κ1) is 9.82. The van der Waals surface area contributed by atoms with E-state index in [-0.39, 0.29) is 6.61 Å². The summed E-state index contributed by atoms with van der Waals surface area (Å²) < 4.78 is 0. The van der Waals surface area contributed by atoms with Crippen molar-refractivity contribution in [2.45, 2.75) is 19.8 Å². The third-order valence-corrected chi connectivity index (χ3v) is 0.887. The molecular weight excluding hydrogens is 136 g/mol. The zero-order valence-corrected chi connectivity index (χ0v) is 6.72. The van der Waals surface area contributed by atoms with Gasteiger partial charge in [0.2, 0.25) is 0 Å². The Labute approximate surface area is 68.1 Å². The van der Waals surface area contributed by atoms with Gasteiger partial charge in [0.05, 0.1) is 13.0 Å². The van der Waals surface area contributed by atoms with Crippen LogP contribution in [0.15, 0.2) is 12.2 Å². The quantitative estimate of drug-likeness (QED) is 0.556. The fourth-order valence-corrected chi connectivity index (χ4v) is 0.453. The van der Waals surface area contributed by atoms with Crippen molar-refractivity contribution in [1.29, 1.82) is 0 Å². The summed E-state index contributed by atoms with van der Waals surface area (Å²) in [5.41, 5.74) is 0. The minimum atomic E-state index is 0.0509. The third-order valence-electron chi connectivity index (χ3n) is 0.887. The molecule has 0 unspecified atom stereocenters. The largest absolute Gasteiger partial charge is 0.392 e. The molecule has 0 spiro atoms. The normalized spacial score (nSPS) is 8.18. The number of aliphatic hydroxyl groups excluding tert-OH is 1. The van der Waals surface area contributed by atoms with Crippen molar-refractivity contribution >= 4 is 0 Å².